The molecular formula is C22H21F4N5O. The third kappa shape index (κ3) is 4.04. The fraction of sp³-hybridized carbons (Fsp3) is 0.318. The Morgan fingerprint density at radius 1 is 1.00 bits per heavy atom. The zero-order valence-corrected chi connectivity index (χ0v) is 17.5. The van der Waals surface area contributed by atoms with Gasteiger partial charge in [0.15, 0.2) is 11.4 Å². The second-order valence-electron chi connectivity index (χ2n) is 7.67. The quantitative estimate of drug-likeness (QED) is 0.570. The van der Waals surface area contributed by atoms with Gasteiger partial charge in [0.1, 0.15) is 5.82 Å². The topological polar surface area (TPSA) is 54.3 Å². The summed E-state index contributed by atoms with van der Waals surface area (Å²) < 4.78 is 55.5. The number of rotatable bonds is 3. The first-order valence-corrected chi connectivity index (χ1v) is 10.1. The molecule has 1 amide bonds. The second kappa shape index (κ2) is 8.25. The van der Waals surface area contributed by atoms with Crippen LogP contribution in [0.1, 0.15) is 27.3 Å². The Balaban J connectivity index is 1.58. The van der Waals surface area contributed by atoms with Gasteiger partial charge in [0, 0.05) is 31.9 Å². The van der Waals surface area contributed by atoms with E-state index in [1.54, 1.807) is 0 Å². The smallest absolute Gasteiger partial charge is 0.368 e. The van der Waals surface area contributed by atoms with E-state index in [0.29, 0.717) is 17.8 Å². The monoisotopic (exact) mass is 447 g/mol. The van der Waals surface area contributed by atoms with Gasteiger partial charge >= 0.3 is 6.18 Å². The van der Waals surface area contributed by atoms with Crippen molar-refractivity contribution in [3.05, 3.63) is 70.8 Å². The van der Waals surface area contributed by atoms with Crippen molar-refractivity contribution in [3.8, 4) is 5.69 Å². The molecule has 3 aromatic rings. The Kier molecular flexibility index (Phi) is 5.62. The number of halogens is 4. The Morgan fingerprint density at radius 2 is 1.69 bits per heavy atom. The third-order valence-electron chi connectivity index (χ3n) is 5.68. The number of carbonyl (C=O) groups is 1. The van der Waals surface area contributed by atoms with Gasteiger partial charge in [0.2, 0.25) is 0 Å². The number of nitrogens with zero attached hydrogens (tertiary/aromatic N) is 5. The van der Waals surface area contributed by atoms with Crippen LogP contribution in [0.25, 0.3) is 5.69 Å². The molecule has 10 heteroatoms. The largest absolute Gasteiger partial charge is 0.435 e. The van der Waals surface area contributed by atoms with Crippen LogP contribution in [0.5, 0.6) is 0 Å². The number of hydrogen-bond acceptors (Lipinski definition) is 4. The van der Waals surface area contributed by atoms with Crippen LogP contribution in [0.3, 0.4) is 0 Å². The molecule has 0 aliphatic carbocycles. The zero-order chi connectivity index (χ0) is 23.0. The molecule has 1 saturated heterocycles. The van der Waals surface area contributed by atoms with Crippen LogP contribution in [0.2, 0.25) is 0 Å². The maximum Gasteiger partial charge on any atom is 0.435 e. The molecule has 1 aliphatic rings. The van der Waals surface area contributed by atoms with Crippen molar-refractivity contribution in [3.63, 3.8) is 0 Å². The highest BCUT2D eigenvalue weighted by atomic mass is 19.4. The molecule has 0 atom stereocenters. The molecule has 2 aromatic carbocycles. The Hall–Kier alpha value is -3.43. The van der Waals surface area contributed by atoms with Crippen molar-refractivity contribution >= 4 is 11.6 Å². The summed E-state index contributed by atoms with van der Waals surface area (Å²) in [6, 6.07) is 10.5. The summed E-state index contributed by atoms with van der Waals surface area (Å²) in [6.07, 6.45) is -4.90. The van der Waals surface area contributed by atoms with Crippen LogP contribution in [0.4, 0.5) is 23.2 Å². The van der Waals surface area contributed by atoms with E-state index in [0.717, 1.165) is 28.9 Å². The highest BCUT2D eigenvalue weighted by molar-refractivity contribution is 5.93. The molecule has 4 rings (SSSR count). The lowest BCUT2D eigenvalue weighted by atomic mass is 10.1. The van der Waals surface area contributed by atoms with Crippen LogP contribution >= 0.6 is 0 Å². The number of aromatic nitrogens is 3. The molecule has 1 fully saturated rings. The van der Waals surface area contributed by atoms with Crippen molar-refractivity contribution in [1.29, 1.82) is 0 Å². The highest BCUT2D eigenvalue weighted by Gasteiger charge is 2.43. The number of hydrogen-bond donors (Lipinski definition) is 0. The zero-order valence-electron chi connectivity index (χ0n) is 17.5. The maximum atomic E-state index is 13.8. The minimum absolute atomic E-state index is 0.163. The van der Waals surface area contributed by atoms with Gasteiger partial charge in [-0.1, -0.05) is 23.4 Å². The van der Waals surface area contributed by atoms with Gasteiger partial charge < -0.3 is 9.80 Å². The molecule has 168 valence electrons. The molecule has 6 nitrogen and oxygen atoms in total. The number of anilines is 1. The summed E-state index contributed by atoms with van der Waals surface area (Å²) in [7, 11) is 0. The lowest BCUT2D eigenvalue weighted by Gasteiger charge is -2.36. The molecular weight excluding hydrogens is 426 g/mol. The van der Waals surface area contributed by atoms with Crippen LogP contribution in [0, 0.1) is 19.7 Å². The molecule has 1 aromatic heterocycles. The van der Waals surface area contributed by atoms with E-state index in [1.807, 2.05) is 32.0 Å². The minimum atomic E-state index is -4.90. The van der Waals surface area contributed by atoms with E-state index in [4.69, 9.17) is 0 Å². The van der Waals surface area contributed by atoms with Gasteiger partial charge in [-0.15, -0.1) is 5.10 Å². The van der Waals surface area contributed by atoms with Crippen LogP contribution in [-0.4, -0.2) is 52.0 Å². The van der Waals surface area contributed by atoms with Crippen molar-refractivity contribution in [1.82, 2.24) is 19.9 Å². The number of carbonyl (C=O) groups excluding carboxylic acids is 1. The lowest BCUT2D eigenvalue weighted by Crippen LogP contribution is -2.49. The van der Waals surface area contributed by atoms with Gasteiger partial charge in [-0.3, -0.25) is 4.79 Å². The fourth-order valence-electron chi connectivity index (χ4n) is 3.85. The fourth-order valence-corrected chi connectivity index (χ4v) is 3.85. The Morgan fingerprint density at radius 3 is 2.34 bits per heavy atom. The van der Waals surface area contributed by atoms with Crippen molar-refractivity contribution < 1.29 is 22.4 Å². The summed E-state index contributed by atoms with van der Waals surface area (Å²) in [6.45, 7) is 5.49. The van der Waals surface area contributed by atoms with E-state index < -0.39 is 29.3 Å². The van der Waals surface area contributed by atoms with E-state index in [1.165, 1.54) is 17.0 Å². The van der Waals surface area contributed by atoms with E-state index in [2.05, 4.69) is 15.2 Å². The maximum absolute atomic E-state index is 13.8. The molecule has 0 spiro atoms. The van der Waals surface area contributed by atoms with Crippen LogP contribution in [0.15, 0.2) is 42.5 Å². The standard InChI is InChI=1S/C22H21F4N5O/c1-14-5-3-8-18(15(14)2)29-9-11-30(12-10-29)21(32)19-20(22(24,25)26)31(28-27-19)17-7-4-6-16(23)13-17/h3-8,13H,9-12H2,1-2H3. The number of aryl methyl sites for hydroxylation is 1. The molecule has 1 aliphatic heterocycles. The minimum Gasteiger partial charge on any atom is -0.368 e. The van der Waals surface area contributed by atoms with Crippen molar-refractivity contribution in [2.75, 3.05) is 31.1 Å². The van der Waals surface area contributed by atoms with E-state index in [-0.39, 0.29) is 18.8 Å². The Labute approximate surface area is 182 Å². The molecule has 0 bridgehead atoms. The summed E-state index contributed by atoms with van der Waals surface area (Å²) >= 11 is 0. The van der Waals surface area contributed by atoms with Gasteiger partial charge in [0.25, 0.3) is 5.91 Å². The van der Waals surface area contributed by atoms with Crippen molar-refractivity contribution in [2.24, 2.45) is 0 Å². The number of alkyl halides is 3. The summed E-state index contributed by atoms with van der Waals surface area (Å²) in [5, 5.41) is 7.05. The molecule has 0 unspecified atom stereocenters. The summed E-state index contributed by atoms with van der Waals surface area (Å²) in [5.41, 5.74) is 1.05. The number of benzene rings is 2. The number of piperazine rings is 1. The predicted molar refractivity (Wildman–Crippen MR) is 110 cm³/mol. The first-order chi connectivity index (χ1) is 15.2. The molecule has 32 heavy (non-hydrogen) atoms. The van der Waals surface area contributed by atoms with Gasteiger partial charge in [-0.05, 0) is 49.2 Å². The molecule has 0 radical (unpaired) electrons. The summed E-state index contributed by atoms with van der Waals surface area (Å²) in [4.78, 5) is 16.4. The van der Waals surface area contributed by atoms with Gasteiger partial charge in [-0.25, -0.2) is 9.07 Å². The molecule has 2 heterocycles. The summed E-state index contributed by atoms with van der Waals surface area (Å²) in [5.74, 6) is -1.57. The van der Waals surface area contributed by atoms with Gasteiger partial charge in [-0.2, -0.15) is 13.2 Å². The van der Waals surface area contributed by atoms with Crippen LogP contribution in [-0.2, 0) is 6.18 Å². The van der Waals surface area contributed by atoms with Crippen molar-refractivity contribution in [2.45, 2.75) is 20.0 Å². The highest BCUT2D eigenvalue weighted by Crippen LogP contribution is 2.33. The van der Waals surface area contributed by atoms with E-state index in [9.17, 15) is 22.4 Å². The Bertz CT molecular complexity index is 1150. The second-order valence-corrected chi connectivity index (χ2v) is 7.67. The average molecular weight is 447 g/mol. The predicted octanol–water partition coefficient (Wildman–Crippen LogP) is 4.00. The molecule has 0 N–H and O–H groups in total. The average Bonchev–Trinajstić information content (AvgIpc) is 3.21. The SMILES string of the molecule is Cc1cccc(N2CCN(C(=O)c3nnn(-c4cccc(F)c4)c3C(F)(F)F)CC2)c1C. The normalized spacial score (nSPS) is 14.7. The first-order valence-electron chi connectivity index (χ1n) is 10.1. The van der Waals surface area contributed by atoms with E-state index >= 15 is 0 Å². The van der Waals surface area contributed by atoms with Gasteiger partial charge in [0.05, 0.1) is 5.69 Å². The molecule has 0 saturated carbocycles. The first kappa shape index (κ1) is 21.8. The number of amides is 1. The lowest BCUT2D eigenvalue weighted by molar-refractivity contribution is -0.143. The third-order valence-corrected chi connectivity index (χ3v) is 5.68. The van der Waals surface area contributed by atoms with Crippen LogP contribution < -0.4 is 4.90 Å².